The molecule has 0 bridgehead atoms. The van der Waals surface area contributed by atoms with Gasteiger partial charge in [-0.2, -0.15) is 0 Å². The van der Waals surface area contributed by atoms with Gasteiger partial charge >= 0.3 is 0 Å². The van der Waals surface area contributed by atoms with E-state index in [9.17, 15) is 13.5 Å². The Balaban J connectivity index is 1.82. The van der Waals surface area contributed by atoms with Crippen molar-refractivity contribution < 1.29 is 13.5 Å². The molecule has 1 aliphatic heterocycles. The molecule has 0 spiro atoms. The van der Waals surface area contributed by atoms with Gasteiger partial charge in [0.25, 0.3) is 10.0 Å². The van der Waals surface area contributed by atoms with Crippen molar-refractivity contribution in [3.05, 3.63) is 137 Å². The molecule has 0 radical (unpaired) electrons. The molecular weight excluding hydrogens is 442 g/mol. The van der Waals surface area contributed by atoms with E-state index in [1.165, 1.54) is 4.31 Å². The van der Waals surface area contributed by atoms with Crippen LogP contribution in [0.15, 0.2) is 114 Å². The lowest BCUT2D eigenvalue weighted by molar-refractivity contribution is 0.128. The van der Waals surface area contributed by atoms with Crippen LogP contribution in [0.3, 0.4) is 0 Å². The Hall–Kier alpha value is -3.67. The van der Waals surface area contributed by atoms with E-state index < -0.39 is 15.6 Å². The van der Waals surface area contributed by atoms with Crippen molar-refractivity contribution in [3.8, 4) is 0 Å². The Morgan fingerprint density at radius 2 is 1.29 bits per heavy atom. The fourth-order valence-electron chi connectivity index (χ4n) is 4.41. The van der Waals surface area contributed by atoms with Crippen LogP contribution in [0.25, 0.3) is 6.08 Å². The normalized spacial score (nSPS) is 18.8. The monoisotopic (exact) mass is 467 g/mol. The van der Waals surface area contributed by atoms with E-state index in [4.69, 9.17) is 0 Å². The molecule has 0 aromatic heterocycles. The van der Waals surface area contributed by atoms with E-state index in [2.05, 4.69) is 0 Å². The van der Waals surface area contributed by atoms with Crippen LogP contribution in [-0.2, 0) is 15.6 Å². The molecule has 0 saturated heterocycles. The van der Waals surface area contributed by atoms with Gasteiger partial charge in [0.05, 0.1) is 16.3 Å². The van der Waals surface area contributed by atoms with Gasteiger partial charge < -0.3 is 5.11 Å². The molecule has 1 heterocycles. The SMILES string of the molecule is Cc1ccc(C2(O)/C(=C/c3ccccc3)N(S(=O)(=O)c3ccc(C)cc3)c3ccccc32)cc1. The first-order chi connectivity index (χ1) is 16.3. The number of hydrogen-bond acceptors (Lipinski definition) is 3. The van der Waals surface area contributed by atoms with Crippen molar-refractivity contribution in [2.45, 2.75) is 24.3 Å². The summed E-state index contributed by atoms with van der Waals surface area (Å²) in [5.41, 5.74) is 3.00. The first kappa shape index (κ1) is 22.1. The summed E-state index contributed by atoms with van der Waals surface area (Å²) in [5, 5.41) is 12.4. The van der Waals surface area contributed by atoms with Crippen molar-refractivity contribution in [1.82, 2.24) is 0 Å². The molecule has 5 heteroatoms. The fourth-order valence-corrected chi connectivity index (χ4v) is 5.97. The molecule has 1 unspecified atom stereocenters. The second-order valence-corrected chi connectivity index (χ2v) is 10.4. The zero-order chi connectivity index (χ0) is 23.9. The van der Waals surface area contributed by atoms with Crippen LogP contribution in [-0.4, -0.2) is 13.5 Å². The molecule has 0 fully saturated rings. The number of hydrogen-bond donors (Lipinski definition) is 1. The summed E-state index contributed by atoms with van der Waals surface area (Å²) in [4.78, 5) is 0.167. The number of aryl methyl sites for hydroxylation is 2. The van der Waals surface area contributed by atoms with Gasteiger partial charge in [0.15, 0.2) is 5.60 Å². The third-order valence-electron chi connectivity index (χ3n) is 6.23. The summed E-state index contributed by atoms with van der Waals surface area (Å²) in [6.07, 6.45) is 1.76. The molecular formula is C29H25NO3S. The molecule has 4 aromatic rings. The molecule has 34 heavy (non-hydrogen) atoms. The number of aliphatic hydroxyl groups is 1. The third-order valence-corrected chi connectivity index (χ3v) is 7.98. The highest BCUT2D eigenvalue weighted by atomic mass is 32.2. The lowest BCUT2D eigenvalue weighted by Crippen LogP contribution is -2.35. The maximum absolute atomic E-state index is 14.1. The first-order valence-electron chi connectivity index (χ1n) is 11.1. The number of sulfonamides is 1. The highest BCUT2D eigenvalue weighted by molar-refractivity contribution is 7.93. The average molecular weight is 468 g/mol. The Morgan fingerprint density at radius 1 is 0.735 bits per heavy atom. The Morgan fingerprint density at radius 3 is 1.94 bits per heavy atom. The van der Waals surface area contributed by atoms with Crippen LogP contribution < -0.4 is 4.31 Å². The molecule has 0 aliphatic carbocycles. The molecule has 1 N–H and O–H groups in total. The van der Waals surface area contributed by atoms with E-state index in [1.807, 2.05) is 74.5 Å². The second kappa shape index (κ2) is 8.28. The molecule has 0 saturated carbocycles. The van der Waals surface area contributed by atoms with Gasteiger partial charge in [-0.15, -0.1) is 0 Å². The maximum atomic E-state index is 14.1. The standard InChI is InChI=1S/C29H25NO3S/c1-21-12-16-24(17-13-21)29(31)26-10-6-7-11-27(26)30(28(29)20-23-8-4-3-5-9-23)34(32,33)25-18-14-22(2)15-19-25/h3-20,31H,1-2H3/b28-20-. The number of rotatable bonds is 4. The largest absolute Gasteiger partial charge is 0.374 e. The van der Waals surface area contributed by atoms with Crippen molar-refractivity contribution in [2.24, 2.45) is 0 Å². The molecule has 1 aliphatic rings. The Labute approximate surface area is 200 Å². The Kier molecular flexibility index (Phi) is 5.39. The van der Waals surface area contributed by atoms with Gasteiger partial charge in [-0.25, -0.2) is 12.7 Å². The number of anilines is 1. The van der Waals surface area contributed by atoms with Crippen molar-refractivity contribution in [2.75, 3.05) is 4.31 Å². The quantitative estimate of drug-likeness (QED) is 0.413. The van der Waals surface area contributed by atoms with Crippen LogP contribution in [0.1, 0.15) is 27.8 Å². The summed E-state index contributed by atoms with van der Waals surface area (Å²) in [7, 11) is -4.02. The molecule has 170 valence electrons. The summed E-state index contributed by atoms with van der Waals surface area (Å²) in [6, 6.07) is 30.9. The topological polar surface area (TPSA) is 57.6 Å². The van der Waals surface area contributed by atoms with Crippen molar-refractivity contribution in [1.29, 1.82) is 0 Å². The lowest BCUT2D eigenvalue weighted by atomic mass is 9.85. The van der Waals surface area contributed by atoms with Crippen molar-refractivity contribution in [3.63, 3.8) is 0 Å². The minimum absolute atomic E-state index is 0.167. The minimum Gasteiger partial charge on any atom is -0.374 e. The van der Waals surface area contributed by atoms with E-state index in [0.29, 0.717) is 16.8 Å². The minimum atomic E-state index is -4.02. The van der Waals surface area contributed by atoms with E-state index >= 15 is 0 Å². The lowest BCUT2D eigenvalue weighted by Gasteiger charge is -2.29. The number of para-hydroxylation sites is 1. The van der Waals surface area contributed by atoms with Gasteiger partial charge in [-0.3, -0.25) is 0 Å². The summed E-state index contributed by atoms with van der Waals surface area (Å²) >= 11 is 0. The first-order valence-corrected chi connectivity index (χ1v) is 12.5. The maximum Gasteiger partial charge on any atom is 0.268 e. The van der Waals surface area contributed by atoms with Crippen LogP contribution in [0.2, 0.25) is 0 Å². The van der Waals surface area contributed by atoms with Gasteiger partial charge in [0.2, 0.25) is 0 Å². The van der Waals surface area contributed by atoms with E-state index in [1.54, 1.807) is 48.5 Å². The zero-order valence-electron chi connectivity index (χ0n) is 19.0. The van der Waals surface area contributed by atoms with Crippen molar-refractivity contribution >= 4 is 21.8 Å². The van der Waals surface area contributed by atoms with Crippen LogP contribution >= 0.6 is 0 Å². The molecule has 4 nitrogen and oxygen atoms in total. The predicted octanol–water partition coefficient (Wildman–Crippen LogP) is 5.79. The van der Waals surface area contributed by atoms with E-state index in [-0.39, 0.29) is 10.6 Å². The highest BCUT2D eigenvalue weighted by Gasteiger charge is 2.51. The fraction of sp³-hybridized carbons (Fsp3) is 0.103. The second-order valence-electron chi connectivity index (χ2n) is 8.62. The van der Waals surface area contributed by atoms with Gasteiger partial charge in [-0.05, 0) is 49.2 Å². The third kappa shape index (κ3) is 3.54. The number of benzene rings is 4. The molecule has 0 amide bonds. The summed E-state index contributed by atoms with van der Waals surface area (Å²) in [5.74, 6) is 0. The van der Waals surface area contributed by atoms with Crippen LogP contribution in [0.4, 0.5) is 5.69 Å². The molecule has 5 rings (SSSR count). The predicted molar refractivity (Wildman–Crippen MR) is 136 cm³/mol. The summed E-state index contributed by atoms with van der Waals surface area (Å²) < 4.78 is 29.4. The average Bonchev–Trinajstić information content (AvgIpc) is 3.10. The smallest absolute Gasteiger partial charge is 0.268 e. The Bertz CT molecular complexity index is 1470. The van der Waals surface area contributed by atoms with Crippen LogP contribution in [0.5, 0.6) is 0 Å². The van der Waals surface area contributed by atoms with Gasteiger partial charge in [-0.1, -0.05) is 96.1 Å². The van der Waals surface area contributed by atoms with Crippen LogP contribution in [0, 0.1) is 13.8 Å². The van der Waals surface area contributed by atoms with Gasteiger partial charge in [0.1, 0.15) is 0 Å². The number of nitrogens with zero attached hydrogens (tertiary/aromatic N) is 1. The van der Waals surface area contributed by atoms with E-state index in [0.717, 1.165) is 16.7 Å². The zero-order valence-corrected chi connectivity index (χ0v) is 19.8. The molecule has 4 aromatic carbocycles. The highest BCUT2D eigenvalue weighted by Crippen LogP contribution is 2.52. The number of fused-ring (bicyclic) bond motifs is 1. The summed E-state index contributed by atoms with van der Waals surface area (Å²) in [6.45, 7) is 3.89. The van der Waals surface area contributed by atoms with Gasteiger partial charge in [0, 0.05) is 5.56 Å². The molecule has 1 atom stereocenters.